The zero-order valence-corrected chi connectivity index (χ0v) is 14.6. The summed E-state index contributed by atoms with van der Waals surface area (Å²) in [7, 11) is 0. The van der Waals surface area contributed by atoms with Gasteiger partial charge in [0, 0.05) is 12.0 Å². The summed E-state index contributed by atoms with van der Waals surface area (Å²) in [5, 5.41) is 0. The molecule has 0 aromatic carbocycles. The van der Waals surface area contributed by atoms with E-state index < -0.39 is 0 Å². The quantitative estimate of drug-likeness (QED) is 0.572. The zero-order valence-electron chi connectivity index (χ0n) is 14.6. The molecule has 0 saturated heterocycles. The molecule has 2 unspecified atom stereocenters. The third-order valence-corrected chi connectivity index (χ3v) is 4.68. The number of amides is 1. The van der Waals surface area contributed by atoms with Gasteiger partial charge in [-0.3, -0.25) is 4.79 Å². The molecule has 5 nitrogen and oxygen atoms in total. The summed E-state index contributed by atoms with van der Waals surface area (Å²) in [5.41, 5.74) is 0. The molecule has 1 amide bonds. The van der Waals surface area contributed by atoms with Crippen LogP contribution in [-0.4, -0.2) is 10.8 Å². The predicted molar refractivity (Wildman–Crippen MR) is 95.9 cm³/mol. The molecule has 2 atom stereocenters. The highest BCUT2D eigenvalue weighted by atomic mass is 16.3. The normalized spacial score (nSPS) is 19.1. The lowest BCUT2D eigenvalue weighted by Gasteiger charge is -2.18. The minimum atomic E-state index is -0.129. The lowest BCUT2D eigenvalue weighted by Crippen LogP contribution is -2.28. The van der Waals surface area contributed by atoms with Crippen LogP contribution in [0.2, 0.25) is 0 Å². The second-order valence-electron chi connectivity index (χ2n) is 6.75. The molecule has 0 radical (unpaired) electrons. The SMILES string of the molecule is CC1CC1c1ccc(CN(Cc2ccco2)C(=O)/C=C/c2ccco2)o1. The number of nitrogens with zero attached hydrogens (tertiary/aromatic N) is 1. The number of rotatable bonds is 7. The van der Waals surface area contributed by atoms with E-state index >= 15 is 0 Å². The third kappa shape index (κ3) is 3.82. The molecule has 1 aliphatic rings. The van der Waals surface area contributed by atoms with Gasteiger partial charge in [-0.2, -0.15) is 0 Å². The summed E-state index contributed by atoms with van der Waals surface area (Å²) in [6.07, 6.45) is 7.53. The molecule has 1 aliphatic carbocycles. The van der Waals surface area contributed by atoms with Crippen LogP contribution in [0.1, 0.15) is 42.3 Å². The Kier molecular flexibility index (Phi) is 4.52. The highest BCUT2D eigenvalue weighted by molar-refractivity contribution is 5.91. The summed E-state index contributed by atoms with van der Waals surface area (Å²) >= 11 is 0. The lowest BCUT2D eigenvalue weighted by molar-refractivity contribution is -0.127. The average molecular weight is 351 g/mol. The third-order valence-electron chi connectivity index (χ3n) is 4.68. The first-order valence-electron chi connectivity index (χ1n) is 8.80. The minimum Gasteiger partial charge on any atom is -0.467 e. The second kappa shape index (κ2) is 7.12. The van der Waals surface area contributed by atoms with Gasteiger partial charge in [-0.25, -0.2) is 0 Å². The van der Waals surface area contributed by atoms with Gasteiger partial charge in [0.25, 0.3) is 0 Å². The Morgan fingerprint density at radius 1 is 1.12 bits per heavy atom. The van der Waals surface area contributed by atoms with Gasteiger partial charge in [-0.05, 0) is 54.8 Å². The van der Waals surface area contributed by atoms with Crippen molar-refractivity contribution in [3.63, 3.8) is 0 Å². The minimum absolute atomic E-state index is 0.129. The Labute approximate surface area is 151 Å². The first kappa shape index (κ1) is 16.5. The maximum Gasteiger partial charge on any atom is 0.247 e. The van der Waals surface area contributed by atoms with Crippen LogP contribution < -0.4 is 0 Å². The molecule has 0 N–H and O–H groups in total. The average Bonchev–Trinajstić information content (AvgIpc) is 3.15. The van der Waals surface area contributed by atoms with Crippen LogP contribution in [0.15, 0.2) is 68.3 Å². The molecule has 0 aliphatic heterocycles. The van der Waals surface area contributed by atoms with Gasteiger partial charge in [0.2, 0.25) is 5.91 Å². The monoisotopic (exact) mass is 351 g/mol. The summed E-state index contributed by atoms with van der Waals surface area (Å²) in [6, 6.07) is 11.2. The number of hydrogen-bond donors (Lipinski definition) is 0. The maximum absolute atomic E-state index is 12.7. The van der Waals surface area contributed by atoms with Crippen molar-refractivity contribution in [2.24, 2.45) is 5.92 Å². The van der Waals surface area contributed by atoms with E-state index in [9.17, 15) is 4.79 Å². The number of carbonyl (C=O) groups excluding carboxylic acids is 1. The topological polar surface area (TPSA) is 59.7 Å². The van der Waals surface area contributed by atoms with Crippen LogP contribution >= 0.6 is 0 Å². The standard InChI is InChI=1S/C21H21NO4/c1-15-12-19(15)20-8-6-18(26-20)14-22(13-17-5-3-11-25-17)21(23)9-7-16-4-2-10-24-16/h2-11,15,19H,12-14H2,1H3/b9-7+. The van der Waals surface area contributed by atoms with Crippen LogP contribution in [0.5, 0.6) is 0 Å². The van der Waals surface area contributed by atoms with E-state index in [2.05, 4.69) is 6.92 Å². The zero-order chi connectivity index (χ0) is 17.9. The molecule has 1 saturated carbocycles. The Bertz CT molecular complexity index is 873. The van der Waals surface area contributed by atoms with Crippen LogP contribution in [-0.2, 0) is 17.9 Å². The van der Waals surface area contributed by atoms with E-state index in [1.54, 1.807) is 35.6 Å². The van der Waals surface area contributed by atoms with E-state index in [0.29, 0.717) is 30.7 Å². The predicted octanol–water partition coefficient (Wildman–Crippen LogP) is 4.83. The van der Waals surface area contributed by atoms with E-state index in [4.69, 9.17) is 13.3 Å². The van der Waals surface area contributed by atoms with E-state index in [-0.39, 0.29) is 5.91 Å². The molecule has 4 rings (SSSR count). The number of carbonyl (C=O) groups is 1. The van der Waals surface area contributed by atoms with Crippen molar-refractivity contribution in [1.29, 1.82) is 0 Å². The van der Waals surface area contributed by atoms with Crippen molar-refractivity contribution in [2.45, 2.75) is 32.4 Å². The molecule has 26 heavy (non-hydrogen) atoms. The Balaban J connectivity index is 1.48. The van der Waals surface area contributed by atoms with E-state index in [1.807, 2.05) is 24.3 Å². The molecule has 0 bridgehead atoms. The van der Waals surface area contributed by atoms with E-state index in [0.717, 1.165) is 17.3 Å². The van der Waals surface area contributed by atoms with Gasteiger partial charge >= 0.3 is 0 Å². The fourth-order valence-corrected chi connectivity index (χ4v) is 3.03. The van der Waals surface area contributed by atoms with Gasteiger partial charge in [0.05, 0.1) is 25.6 Å². The van der Waals surface area contributed by atoms with Crippen LogP contribution in [0.4, 0.5) is 0 Å². The first-order chi connectivity index (χ1) is 12.7. The summed E-state index contributed by atoms with van der Waals surface area (Å²) in [6.45, 7) is 2.99. The van der Waals surface area contributed by atoms with Crippen LogP contribution in [0.25, 0.3) is 6.08 Å². The van der Waals surface area contributed by atoms with Crippen molar-refractivity contribution in [3.05, 3.63) is 78.0 Å². The van der Waals surface area contributed by atoms with Gasteiger partial charge in [0.1, 0.15) is 23.0 Å². The van der Waals surface area contributed by atoms with Crippen LogP contribution in [0.3, 0.4) is 0 Å². The van der Waals surface area contributed by atoms with Crippen molar-refractivity contribution in [3.8, 4) is 0 Å². The Morgan fingerprint density at radius 3 is 2.58 bits per heavy atom. The molecular formula is C21H21NO4. The Morgan fingerprint density at radius 2 is 1.88 bits per heavy atom. The lowest BCUT2D eigenvalue weighted by atomic mass is 10.2. The van der Waals surface area contributed by atoms with Crippen molar-refractivity contribution < 1.29 is 18.0 Å². The molecular weight excluding hydrogens is 330 g/mol. The Hall–Kier alpha value is -2.95. The number of furan rings is 3. The van der Waals surface area contributed by atoms with Gasteiger partial charge < -0.3 is 18.2 Å². The molecule has 1 fully saturated rings. The van der Waals surface area contributed by atoms with Gasteiger partial charge in [-0.15, -0.1) is 0 Å². The second-order valence-corrected chi connectivity index (χ2v) is 6.75. The smallest absolute Gasteiger partial charge is 0.247 e. The fourth-order valence-electron chi connectivity index (χ4n) is 3.03. The molecule has 0 spiro atoms. The maximum atomic E-state index is 12.7. The fraction of sp³-hybridized carbons (Fsp3) is 0.286. The molecule has 3 aromatic rings. The number of hydrogen-bond acceptors (Lipinski definition) is 4. The van der Waals surface area contributed by atoms with Crippen molar-refractivity contribution >= 4 is 12.0 Å². The summed E-state index contributed by atoms with van der Waals surface area (Å²) in [5.74, 6) is 4.25. The van der Waals surface area contributed by atoms with Gasteiger partial charge in [0.15, 0.2) is 0 Å². The first-order valence-corrected chi connectivity index (χ1v) is 8.80. The largest absolute Gasteiger partial charge is 0.467 e. The van der Waals surface area contributed by atoms with Crippen molar-refractivity contribution in [2.75, 3.05) is 0 Å². The highest BCUT2D eigenvalue weighted by Crippen LogP contribution is 2.47. The van der Waals surface area contributed by atoms with Gasteiger partial charge in [-0.1, -0.05) is 6.92 Å². The highest BCUT2D eigenvalue weighted by Gasteiger charge is 2.36. The molecule has 5 heteroatoms. The molecule has 3 heterocycles. The van der Waals surface area contributed by atoms with Crippen molar-refractivity contribution in [1.82, 2.24) is 4.90 Å². The summed E-state index contributed by atoms with van der Waals surface area (Å²) < 4.78 is 16.6. The molecule has 3 aromatic heterocycles. The van der Waals surface area contributed by atoms with E-state index in [1.165, 1.54) is 12.5 Å². The summed E-state index contributed by atoms with van der Waals surface area (Å²) in [4.78, 5) is 14.4. The molecule has 134 valence electrons. The van der Waals surface area contributed by atoms with Crippen LogP contribution in [0, 0.1) is 5.92 Å².